The molecule has 3 heterocycles. The highest BCUT2D eigenvalue weighted by Gasteiger charge is 2.42. The van der Waals surface area contributed by atoms with Crippen LogP contribution in [0.5, 0.6) is 5.75 Å². The molecule has 1 N–H and O–H groups in total. The summed E-state index contributed by atoms with van der Waals surface area (Å²) in [6, 6.07) is 12.9. The molecule has 2 bridgehead atoms. The van der Waals surface area contributed by atoms with Gasteiger partial charge >= 0.3 is 6.09 Å². The molecule has 0 unspecified atom stereocenters. The second-order valence-electron chi connectivity index (χ2n) is 11.9. The van der Waals surface area contributed by atoms with Crippen LogP contribution < -0.4 is 10.1 Å². The van der Waals surface area contributed by atoms with E-state index >= 15 is 0 Å². The van der Waals surface area contributed by atoms with Gasteiger partial charge in [-0.3, -0.25) is 4.90 Å². The summed E-state index contributed by atoms with van der Waals surface area (Å²) in [4.78, 5) is 15.4. The molecule has 2 atom stereocenters. The van der Waals surface area contributed by atoms with E-state index in [2.05, 4.69) is 81.2 Å². The van der Waals surface area contributed by atoms with E-state index in [1.165, 1.54) is 27.8 Å². The molecule has 0 saturated carbocycles. The summed E-state index contributed by atoms with van der Waals surface area (Å²) in [5.41, 5.74) is 6.11. The van der Waals surface area contributed by atoms with Gasteiger partial charge in [-0.25, -0.2) is 4.79 Å². The van der Waals surface area contributed by atoms with E-state index in [0.717, 1.165) is 51.3 Å². The molecule has 1 aliphatic carbocycles. The summed E-state index contributed by atoms with van der Waals surface area (Å²) < 4.78 is 11.8. The van der Waals surface area contributed by atoms with Crippen molar-refractivity contribution in [3.05, 3.63) is 53.1 Å². The van der Waals surface area contributed by atoms with Crippen LogP contribution in [0.25, 0.3) is 11.1 Å². The highest BCUT2D eigenvalue weighted by atomic mass is 16.6. The van der Waals surface area contributed by atoms with Gasteiger partial charge in [0.05, 0.1) is 12.6 Å². The molecule has 5 nitrogen and oxygen atoms in total. The number of rotatable bonds is 6. The Morgan fingerprint density at radius 2 is 1.86 bits per heavy atom. The molecule has 35 heavy (non-hydrogen) atoms. The lowest BCUT2D eigenvalue weighted by Gasteiger charge is -2.44. The number of amides is 1. The van der Waals surface area contributed by atoms with Crippen molar-refractivity contribution in [2.75, 3.05) is 26.2 Å². The summed E-state index contributed by atoms with van der Waals surface area (Å²) in [5, 5.41) is 3.25. The number of hydrogen-bond acceptors (Lipinski definition) is 4. The number of fused-ring (bicyclic) bond motifs is 4. The molecule has 188 valence electrons. The van der Waals surface area contributed by atoms with Crippen molar-refractivity contribution in [2.45, 2.75) is 66.0 Å². The maximum Gasteiger partial charge on any atom is 0.407 e. The monoisotopic (exact) mass is 476 g/mol. The fourth-order valence-corrected chi connectivity index (χ4v) is 6.12. The van der Waals surface area contributed by atoms with E-state index in [1.807, 2.05) is 0 Å². The molecular weight excluding hydrogens is 436 g/mol. The SMILES string of the molecule is Cc1cc2c(cc1-c1ccc(OCC(C)C)cc1)CC(C)(C)[C@H]2NC(=O)O[C@@H]1CN2CCC1CC2. The lowest BCUT2D eigenvalue weighted by Crippen LogP contribution is -2.53. The van der Waals surface area contributed by atoms with E-state index in [4.69, 9.17) is 9.47 Å². The number of hydrogen-bond donors (Lipinski definition) is 1. The maximum absolute atomic E-state index is 13.0. The summed E-state index contributed by atoms with van der Waals surface area (Å²) in [5.74, 6) is 1.93. The molecule has 6 rings (SSSR count). The number of benzene rings is 2. The Bertz CT molecular complexity index is 1070. The number of piperidine rings is 3. The summed E-state index contributed by atoms with van der Waals surface area (Å²) in [6.07, 6.45) is 2.97. The predicted octanol–water partition coefficient (Wildman–Crippen LogP) is 6.14. The second-order valence-corrected chi connectivity index (χ2v) is 11.9. The summed E-state index contributed by atoms with van der Waals surface area (Å²) in [6.45, 7) is 14.8. The van der Waals surface area contributed by atoms with Crippen molar-refractivity contribution < 1.29 is 14.3 Å². The Morgan fingerprint density at radius 3 is 2.49 bits per heavy atom. The molecule has 0 spiro atoms. The Balaban J connectivity index is 1.31. The molecule has 0 radical (unpaired) electrons. The van der Waals surface area contributed by atoms with Crippen LogP contribution in [-0.2, 0) is 11.2 Å². The molecule has 0 aromatic heterocycles. The van der Waals surface area contributed by atoms with E-state index in [1.54, 1.807) is 0 Å². The van der Waals surface area contributed by atoms with Gasteiger partial charge in [-0.1, -0.05) is 52.0 Å². The molecule has 1 amide bonds. The fourth-order valence-electron chi connectivity index (χ4n) is 6.12. The number of nitrogens with zero attached hydrogens (tertiary/aromatic N) is 1. The van der Waals surface area contributed by atoms with E-state index < -0.39 is 0 Å². The Hall–Kier alpha value is -2.53. The smallest absolute Gasteiger partial charge is 0.407 e. The second kappa shape index (κ2) is 9.50. The zero-order valence-corrected chi connectivity index (χ0v) is 21.9. The first kappa shape index (κ1) is 24.2. The topological polar surface area (TPSA) is 50.8 Å². The van der Waals surface area contributed by atoms with Gasteiger partial charge in [0, 0.05) is 6.54 Å². The molecule has 2 aromatic rings. The first-order valence-electron chi connectivity index (χ1n) is 13.3. The first-order valence-corrected chi connectivity index (χ1v) is 13.3. The molecule has 4 aliphatic rings. The zero-order valence-electron chi connectivity index (χ0n) is 21.9. The van der Waals surface area contributed by atoms with Crippen LogP contribution >= 0.6 is 0 Å². The molecule has 5 heteroatoms. The van der Waals surface area contributed by atoms with Crippen molar-refractivity contribution in [3.63, 3.8) is 0 Å². The number of aryl methyl sites for hydroxylation is 1. The van der Waals surface area contributed by atoms with Crippen LogP contribution in [0.15, 0.2) is 36.4 Å². The van der Waals surface area contributed by atoms with Gasteiger partial charge in [-0.15, -0.1) is 0 Å². The molecule has 3 aliphatic heterocycles. The third kappa shape index (κ3) is 5.06. The van der Waals surface area contributed by atoms with Crippen molar-refractivity contribution >= 4 is 6.09 Å². The van der Waals surface area contributed by atoms with Crippen LogP contribution in [0.3, 0.4) is 0 Å². The number of alkyl carbamates (subject to hydrolysis) is 1. The molecule has 3 saturated heterocycles. The van der Waals surface area contributed by atoms with Crippen molar-refractivity contribution in [1.82, 2.24) is 10.2 Å². The van der Waals surface area contributed by atoms with Gasteiger partial charge in [0.25, 0.3) is 0 Å². The van der Waals surface area contributed by atoms with Gasteiger partial charge in [0.2, 0.25) is 0 Å². The Kier molecular flexibility index (Phi) is 6.56. The largest absolute Gasteiger partial charge is 0.493 e. The minimum Gasteiger partial charge on any atom is -0.493 e. The van der Waals surface area contributed by atoms with E-state index in [0.29, 0.717) is 11.8 Å². The first-order chi connectivity index (χ1) is 16.7. The van der Waals surface area contributed by atoms with Crippen LogP contribution in [0.2, 0.25) is 0 Å². The maximum atomic E-state index is 13.0. The zero-order chi connectivity index (χ0) is 24.7. The van der Waals surface area contributed by atoms with Crippen LogP contribution in [0.1, 0.15) is 63.3 Å². The Labute approximate surface area is 210 Å². The Morgan fingerprint density at radius 1 is 1.14 bits per heavy atom. The van der Waals surface area contributed by atoms with Crippen LogP contribution in [0.4, 0.5) is 4.79 Å². The average Bonchev–Trinajstić information content (AvgIpc) is 3.07. The van der Waals surface area contributed by atoms with Crippen molar-refractivity contribution in [2.24, 2.45) is 17.3 Å². The van der Waals surface area contributed by atoms with E-state index in [-0.39, 0.29) is 23.7 Å². The van der Waals surface area contributed by atoms with Gasteiger partial charge < -0.3 is 14.8 Å². The van der Waals surface area contributed by atoms with Crippen molar-refractivity contribution in [1.29, 1.82) is 0 Å². The number of carbonyl (C=O) groups is 1. The molecule has 3 fully saturated rings. The van der Waals surface area contributed by atoms with Crippen molar-refractivity contribution in [3.8, 4) is 16.9 Å². The standard InChI is InChI=1S/C30H40N2O3/c1-19(2)18-34-24-8-6-21(7-9-24)25-15-23-16-30(4,5)28(26(23)14-20(25)3)31-29(33)35-27-17-32-12-10-22(27)11-13-32/h6-9,14-15,19,22,27-28H,10-13,16-18H2,1-5H3,(H,31,33)/t27-,28+/m1/s1. The molecule has 2 aromatic carbocycles. The van der Waals surface area contributed by atoms with Crippen LogP contribution in [-0.4, -0.2) is 43.3 Å². The van der Waals surface area contributed by atoms with Gasteiger partial charge in [0.1, 0.15) is 11.9 Å². The van der Waals surface area contributed by atoms with E-state index in [9.17, 15) is 4.79 Å². The number of ether oxygens (including phenoxy) is 2. The minimum atomic E-state index is -0.270. The number of carbonyl (C=O) groups excluding carboxylic acids is 1. The number of nitrogens with one attached hydrogen (secondary N) is 1. The predicted molar refractivity (Wildman–Crippen MR) is 140 cm³/mol. The lowest BCUT2D eigenvalue weighted by molar-refractivity contribution is -0.0348. The van der Waals surface area contributed by atoms with Crippen LogP contribution in [0, 0.1) is 24.2 Å². The van der Waals surface area contributed by atoms with Gasteiger partial charge in [0.15, 0.2) is 0 Å². The normalized spacial score (nSPS) is 26.5. The average molecular weight is 477 g/mol. The van der Waals surface area contributed by atoms with Gasteiger partial charge in [-0.2, -0.15) is 0 Å². The third-order valence-corrected chi connectivity index (χ3v) is 8.09. The highest BCUT2D eigenvalue weighted by Crippen LogP contribution is 2.47. The highest BCUT2D eigenvalue weighted by molar-refractivity contribution is 5.72. The lowest BCUT2D eigenvalue weighted by atomic mass is 9.85. The minimum absolute atomic E-state index is 0.0260. The quantitative estimate of drug-likeness (QED) is 0.544. The summed E-state index contributed by atoms with van der Waals surface area (Å²) in [7, 11) is 0. The molecular formula is C30H40N2O3. The fraction of sp³-hybridized carbons (Fsp3) is 0.567. The van der Waals surface area contributed by atoms with Gasteiger partial charge in [-0.05, 0) is 96.5 Å². The third-order valence-electron chi connectivity index (χ3n) is 8.09. The summed E-state index contributed by atoms with van der Waals surface area (Å²) >= 11 is 0.